The molecule has 1 aromatic carbocycles. The van der Waals surface area contributed by atoms with E-state index < -0.39 is 19.7 Å². The van der Waals surface area contributed by atoms with Crippen LogP contribution in [-0.2, 0) is 19.7 Å². The van der Waals surface area contributed by atoms with Crippen molar-refractivity contribution in [3.63, 3.8) is 0 Å². The van der Waals surface area contributed by atoms with Gasteiger partial charge in [0.25, 0.3) is 0 Å². The summed E-state index contributed by atoms with van der Waals surface area (Å²) in [6, 6.07) is 5.83. The number of benzene rings is 1. The number of hydrogen-bond acceptors (Lipinski definition) is 5. The molecule has 19 heavy (non-hydrogen) atoms. The van der Waals surface area contributed by atoms with Gasteiger partial charge in [-0.1, -0.05) is 0 Å². The van der Waals surface area contributed by atoms with Crippen molar-refractivity contribution in [1.82, 2.24) is 5.32 Å². The molecule has 0 saturated heterocycles. The molecule has 1 aromatic rings. The zero-order valence-electron chi connectivity index (χ0n) is 10.7. The van der Waals surface area contributed by atoms with Crippen molar-refractivity contribution < 1.29 is 16.8 Å². The van der Waals surface area contributed by atoms with Gasteiger partial charge in [0.05, 0.1) is 15.5 Å². The van der Waals surface area contributed by atoms with Gasteiger partial charge in [0, 0.05) is 18.8 Å². The van der Waals surface area contributed by atoms with Gasteiger partial charge in [0.1, 0.15) is 0 Å². The van der Waals surface area contributed by atoms with Gasteiger partial charge in [-0.3, -0.25) is 0 Å². The number of rotatable bonds is 6. The van der Waals surface area contributed by atoms with Gasteiger partial charge in [-0.2, -0.15) is 0 Å². The molecule has 1 aliphatic carbocycles. The molecule has 1 fully saturated rings. The van der Waals surface area contributed by atoms with Crippen LogP contribution < -0.4 is 5.32 Å². The number of nitrogens with one attached hydrogen (secondary N) is 1. The van der Waals surface area contributed by atoms with E-state index >= 15 is 0 Å². The van der Waals surface area contributed by atoms with Crippen molar-refractivity contribution in [2.24, 2.45) is 0 Å². The van der Waals surface area contributed by atoms with E-state index in [4.69, 9.17) is 0 Å². The van der Waals surface area contributed by atoms with Gasteiger partial charge in [-0.25, -0.2) is 16.8 Å². The third kappa shape index (κ3) is 4.02. The molecule has 7 heteroatoms. The fraction of sp³-hybridized carbons (Fsp3) is 0.500. The lowest BCUT2D eigenvalue weighted by Gasteiger charge is -2.06. The zero-order chi connectivity index (χ0) is 14.1. The van der Waals surface area contributed by atoms with Crippen LogP contribution in [0.25, 0.3) is 0 Å². The van der Waals surface area contributed by atoms with Crippen molar-refractivity contribution in [2.45, 2.75) is 28.7 Å². The first-order valence-corrected chi connectivity index (χ1v) is 9.60. The molecule has 0 amide bonds. The van der Waals surface area contributed by atoms with E-state index in [-0.39, 0.29) is 15.5 Å². The maximum Gasteiger partial charge on any atom is 0.179 e. The zero-order valence-corrected chi connectivity index (χ0v) is 12.3. The maximum absolute atomic E-state index is 12.0. The van der Waals surface area contributed by atoms with E-state index in [0.29, 0.717) is 12.6 Å². The first kappa shape index (κ1) is 14.5. The van der Waals surface area contributed by atoms with Crippen LogP contribution in [0, 0.1) is 0 Å². The van der Waals surface area contributed by atoms with E-state index in [9.17, 15) is 16.8 Å². The molecule has 0 spiro atoms. The highest BCUT2D eigenvalue weighted by Gasteiger charge is 2.22. The third-order valence-electron chi connectivity index (χ3n) is 2.99. The summed E-state index contributed by atoms with van der Waals surface area (Å²) >= 11 is 0. The van der Waals surface area contributed by atoms with E-state index in [1.54, 1.807) is 0 Å². The van der Waals surface area contributed by atoms with Crippen LogP contribution in [0.5, 0.6) is 0 Å². The van der Waals surface area contributed by atoms with Crippen molar-refractivity contribution in [3.05, 3.63) is 24.3 Å². The Morgan fingerprint density at radius 3 is 2.05 bits per heavy atom. The van der Waals surface area contributed by atoms with Gasteiger partial charge in [0.2, 0.25) is 0 Å². The first-order valence-electron chi connectivity index (χ1n) is 6.05. The number of sulfone groups is 2. The van der Waals surface area contributed by atoms with Gasteiger partial charge < -0.3 is 5.32 Å². The molecule has 0 heterocycles. The molecule has 1 N–H and O–H groups in total. The quantitative estimate of drug-likeness (QED) is 0.833. The van der Waals surface area contributed by atoms with Gasteiger partial charge in [0.15, 0.2) is 19.7 Å². The van der Waals surface area contributed by atoms with Crippen LogP contribution in [0.3, 0.4) is 0 Å². The highest BCUT2D eigenvalue weighted by Crippen LogP contribution is 2.19. The highest BCUT2D eigenvalue weighted by atomic mass is 32.2. The van der Waals surface area contributed by atoms with E-state index in [2.05, 4.69) is 5.32 Å². The Morgan fingerprint density at radius 1 is 1.05 bits per heavy atom. The van der Waals surface area contributed by atoms with Crippen LogP contribution in [0.15, 0.2) is 34.1 Å². The molecule has 0 radical (unpaired) electrons. The van der Waals surface area contributed by atoms with E-state index in [0.717, 1.165) is 19.1 Å². The van der Waals surface area contributed by atoms with E-state index in [1.165, 1.54) is 24.3 Å². The van der Waals surface area contributed by atoms with Crippen LogP contribution in [0.1, 0.15) is 12.8 Å². The highest BCUT2D eigenvalue weighted by molar-refractivity contribution is 7.91. The Morgan fingerprint density at radius 2 is 1.58 bits per heavy atom. The third-order valence-corrected chi connectivity index (χ3v) is 5.85. The Bertz CT molecular complexity index is 643. The largest absolute Gasteiger partial charge is 0.313 e. The average molecular weight is 303 g/mol. The second-order valence-corrected chi connectivity index (χ2v) is 8.92. The Hall–Kier alpha value is -0.920. The smallest absolute Gasteiger partial charge is 0.179 e. The second-order valence-electron chi connectivity index (χ2n) is 4.79. The predicted molar refractivity (Wildman–Crippen MR) is 72.6 cm³/mol. The van der Waals surface area contributed by atoms with Crippen molar-refractivity contribution in [1.29, 1.82) is 0 Å². The van der Waals surface area contributed by atoms with E-state index in [1.807, 2.05) is 0 Å². The van der Waals surface area contributed by atoms with Crippen molar-refractivity contribution in [2.75, 3.05) is 18.6 Å². The standard InChI is InChI=1S/C12H17NO4S2/c1-18(14,15)11-4-6-12(7-5-11)19(16,17)9-8-13-10-2-3-10/h4-7,10,13H,2-3,8-9H2,1H3. The predicted octanol–water partition coefficient (Wildman–Crippen LogP) is 0.616. The van der Waals surface area contributed by atoms with Crippen LogP contribution in [0.2, 0.25) is 0 Å². The molecule has 2 rings (SSSR count). The van der Waals surface area contributed by atoms with Crippen LogP contribution in [-0.4, -0.2) is 41.4 Å². The van der Waals surface area contributed by atoms with Crippen molar-refractivity contribution >= 4 is 19.7 Å². The summed E-state index contributed by atoms with van der Waals surface area (Å²) in [5, 5.41) is 3.14. The monoisotopic (exact) mass is 303 g/mol. The maximum atomic E-state index is 12.0. The van der Waals surface area contributed by atoms with Crippen LogP contribution in [0.4, 0.5) is 0 Å². The summed E-state index contributed by atoms with van der Waals surface area (Å²) in [7, 11) is -6.64. The van der Waals surface area contributed by atoms with Gasteiger partial charge >= 0.3 is 0 Å². The Balaban J connectivity index is 2.07. The topological polar surface area (TPSA) is 80.3 Å². The molecule has 0 aromatic heterocycles. The molecule has 1 aliphatic rings. The minimum absolute atomic E-state index is 0.0295. The molecule has 5 nitrogen and oxygen atoms in total. The lowest BCUT2D eigenvalue weighted by atomic mass is 10.4. The molecule has 0 aliphatic heterocycles. The average Bonchev–Trinajstić information content (AvgIpc) is 3.12. The number of hydrogen-bond donors (Lipinski definition) is 1. The van der Waals surface area contributed by atoms with Gasteiger partial charge in [-0.05, 0) is 37.1 Å². The minimum atomic E-state index is -3.35. The molecular weight excluding hydrogens is 286 g/mol. The fourth-order valence-electron chi connectivity index (χ4n) is 1.70. The second kappa shape index (κ2) is 5.22. The normalized spacial score (nSPS) is 16.5. The van der Waals surface area contributed by atoms with Gasteiger partial charge in [-0.15, -0.1) is 0 Å². The van der Waals surface area contributed by atoms with Crippen LogP contribution >= 0.6 is 0 Å². The lowest BCUT2D eigenvalue weighted by Crippen LogP contribution is -2.24. The summed E-state index contributed by atoms with van der Waals surface area (Å²) < 4.78 is 46.6. The minimum Gasteiger partial charge on any atom is -0.313 e. The Labute approximate surface area is 113 Å². The molecular formula is C12H17NO4S2. The molecule has 0 atom stereocenters. The summed E-state index contributed by atoms with van der Waals surface area (Å²) in [6.07, 6.45) is 3.32. The molecule has 1 saturated carbocycles. The fourth-order valence-corrected chi connectivity index (χ4v) is 3.50. The molecule has 0 bridgehead atoms. The Kier molecular flexibility index (Phi) is 3.98. The first-order chi connectivity index (χ1) is 8.79. The lowest BCUT2D eigenvalue weighted by molar-refractivity contribution is 0.589. The summed E-state index contributed by atoms with van der Waals surface area (Å²) in [6.45, 7) is 0.431. The summed E-state index contributed by atoms with van der Waals surface area (Å²) in [4.78, 5) is 0.292. The molecule has 106 valence electrons. The summed E-state index contributed by atoms with van der Waals surface area (Å²) in [5.74, 6) is 0.0295. The summed E-state index contributed by atoms with van der Waals surface area (Å²) in [5.41, 5.74) is 0. The molecule has 0 unspecified atom stereocenters. The van der Waals surface area contributed by atoms with Crippen molar-refractivity contribution in [3.8, 4) is 0 Å². The SMILES string of the molecule is CS(=O)(=O)c1ccc(S(=O)(=O)CCNC2CC2)cc1.